The Morgan fingerprint density at radius 1 is 1.18 bits per heavy atom. The number of amides is 2. The van der Waals surface area contributed by atoms with Gasteiger partial charge in [0, 0.05) is 25.9 Å². The molecule has 0 unspecified atom stereocenters. The van der Waals surface area contributed by atoms with Crippen molar-refractivity contribution in [2.75, 3.05) is 28.7 Å². The third-order valence-corrected chi connectivity index (χ3v) is 7.44. The van der Waals surface area contributed by atoms with Crippen LogP contribution in [-0.2, 0) is 26.0 Å². The lowest BCUT2D eigenvalue weighted by Crippen LogP contribution is -2.48. The molecule has 0 spiro atoms. The molecule has 0 saturated carbocycles. The quantitative estimate of drug-likeness (QED) is 0.532. The maximum Gasteiger partial charge on any atom is 0.330 e. The van der Waals surface area contributed by atoms with Crippen molar-refractivity contribution in [1.82, 2.24) is 14.6 Å². The zero-order chi connectivity index (χ0) is 25.4. The van der Waals surface area contributed by atoms with E-state index in [2.05, 4.69) is 10.1 Å². The number of hydrogen-bond donors (Lipinski definition) is 2. The lowest BCUT2D eigenvalue weighted by atomic mass is 10.1. The lowest BCUT2D eigenvalue weighted by molar-refractivity contribution is -0.133. The molecule has 2 amide bonds. The molecule has 12 nitrogen and oxygen atoms in total. The van der Waals surface area contributed by atoms with Crippen molar-refractivity contribution >= 4 is 38.9 Å². The van der Waals surface area contributed by atoms with E-state index in [9.17, 15) is 27.6 Å². The van der Waals surface area contributed by atoms with Gasteiger partial charge in [0.2, 0.25) is 5.91 Å². The molecule has 1 aromatic rings. The number of hydrazone groups is 1. The average Bonchev–Trinajstić information content (AvgIpc) is 3.09. The van der Waals surface area contributed by atoms with Crippen molar-refractivity contribution in [3.63, 3.8) is 0 Å². The zero-order valence-electron chi connectivity index (χ0n) is 19.9. The van der Waals surface area contributed by atoms with E-state index < -0.39 is 33.0 Å². The molecule has 34 heavy (non-hydrogen) atoms. The molecule has 1 saturated heterocycles. The topological polar surface area (TPSA) is 168 Å². The first-order valence-electron chi connectivity index (χ1n) is 11.3. The van der Waals surface area contributed by atoms with Crippen LogP contribution in [0.5, 0.6) is 0 Å². The second kappa shape index (κ2) is 9.72. The van der Waals surface area contributed by atoms with E-state index in [1.165, 1.54) is 9.47 Å². The molecular weight excluding hydrogens is 464 g/mol. The van der Waals surface area contributed by atoms with Crippen LogP contribution >= 0.6 is 0 Å². The Hall–Kier alpha value is -2.96. The molecular formula is C21H32N6O6S. The van der Waals surface area contributed by atoms with Crippen molar-refractivity contribution in [2.24, 2.45) is 16.9 Å². The highest BCUT2D eigenvalue weighted by molar-refractivity contribution is 7.91. The first-order valence-corrected chi connectivity index (χ1v) is 13.2. The lowest BCUT2D eigenvalue weighted by Gasteiger charge is -2.31. The number of rotatable bonds is 7. The molecule has 188 valence electrons. The Balaban J connectivity index is 2.05. The predicted octanol–water partition coefficient (Wildman–Crippen LogP) is -0.0707. The van der Waals surface area contributed by atoms with Crippen LogP contribution < -0.4 is 21.9 Å². The van der Waals surface area contributed by atoms with Crippen molar-refractivity contribution < 1.29 is 18.0 Å². The predicted molar refractivity (Wildman–Crippen MR) is 128 cm³/mol. The van der Waals surface area contributed by atoms with Crippen molar-refractivity contribution in [2.45, 2.75) is 59.5 Å². The second-order valence-electron chi connectivity index (χ2n) is 9.65. The van der Waals surface area contributed by atoms with Gasteiger partial charge in [-0.1, -0.05) is 27.7 Å². The summed E-state index contributed by atoms with van der Waals surface area (Å²) in [4.78, 5) is 54.6. The highest BCUT2D eigenvalue weighted by Crippen LogP contribution is 2.25. The van der Waals surface area contributed by atoms with Crippen molar-refractivity contribution in [3.8, 4) is 0 Å². The average molecular weight is 497 g/mol. The molecule has 13 heteroatoms. The smallest absolute Gasteiger partial charge is 0.330 e. The molecule has 0 bridgehead atoms. The third kappa shape index (κ3) is 5.40. The van der Waals surface area contributed by atoms with Gasteiger partial charge in [-0.15, -0.1) is 0 Å². The molecule has 1 atom stereocenters. The number of H-pyrrole nitrogens is 1. The molecule has 1 aromatic heterocycles. The summed E-state index contributed by atoms with van der Waals surface area (Å²) >= 11 is 0. The van der Waals surface area contributed by atoms with E-state index in [1.54, 1.807) is 0 Å². The molecule has 0 aromatic carbocycles. The van der Waals surface area contributed by atoms with Gasteiger partial charge < -0.3 is 5.73 Å². The molecule has 1 fully saturated rings. The molecule has 0 radical (unpaired) electrons. The highest BCUT2D eigenvalue weighted by atomic mass is 32.2. The van der Waals surface area contributed by atoms with Gasteiger partial charge in [-0.05, 0) is 18.3 Å². The Kier molecular flexibility index (Phi) is 7.34. The summed E-state index contributed by atoms with van der Waals surface area (Å²) in [6, 6.07) is -0.624. The summed E-state index contributed by atoms with van der Waals surface area (Å²) in [5, 5.41) is 5.33. The Morgan fingerprint density at radius 2 is 1.85 bits per heavy atom. The van der Waals surface area contributed by atoms with E-state index in [0.717, 1.165) is 5.01 Å². The van der Waals surface area contributed by atoms with E-state index in [4.69, 9.17) is 5.73 Å². The van der Waals surface area contributed by atoms with Gasteiger partial charge in [0.1, 0.15) is 11.5 Å². The standard InChI is InChI=1S/C21H32N6O6S/c1-12(2)9-25(17-18(22)26(10-13(3)4)21(31)23-19(17)29)20(30)15-5-6-16(28)27(24-15)14-7-8-34(32,33)11-14/h12-14H,5-11,22H2,1-4H3,(H,23,29,31)/t14-/m1/s1. The number of hydrogen-bond acceptors (Lipinski definition) is 8. The minimum absolute atomic E-state index is 0.00464. The van der Waals surface area contributed by atoms with Crippen LogP contribution in [0.3, 0.4) is 0 Å². The van der Waals surface area contributed by atoms with Crippen molar-refractivity contribution in [1.29, 1.82) is 0 Å². The summed E-state index contributed by atoms with van der Waals surface area (Å²) in [7, 11) is -3.26. The van der Waals surface area contributed by atoms with E-state index in [1.807, 2.05) is 27.7 Å². The van der Waals surface area contributed by atoms with E-state index in [-0.39, 0.29) is 78.8 Å². The molecule has 3 heterocycles. The second-order valence-corrected chi connectivity index (χ2v) is 11.9. The maximum absolute atomic E-state index is 13.6. The van der Waals surface area contributed by atoms with E-state index in [0.29, 0.717) is 0 Å². The number of nitrogen functional groups attached to an aromatic ring is 1. The molecule has 3 rings (SSSR count). The largest absolute Gasteiger partial charge is 0.383 e. The van der Waals surface area contributed by atoms with E-state index >= 15 is 0 Å². The van der Waals surface area contributed by atoms with Crippen LogP contribution in [0.2, 0.25) is 0 Å². The number of anilines is 2. The zero-order valence-corrected chi connectivity index (χ0v) is 20.7. The van der Waals surface area contributed by atoms with Crippen LogP contribution in [-0.4, -0.2) is 64.6 Å². The fraction of sp³-hybridized carbons (Fsp3) is 0.667. The molecule has 2 aliphatic heterocycles. The molecule has 3 N–H and O–H groups in total. The summed E-state index contributed by atoms with van der Waals surface area (Å²) in [6.07, 6.45) is 0.294. The van der Waals surface area contributed by atoms with Gasteiger partial charge in [0.15, 0.2) is 15.5 Å². The summed E-state index contributed by atoms with van der Waals surface area (Å²) < 4.78 is 25.0. The van der Waals surface area contributed by atoms with Gasteiger partial charge in [-0.2, -0.15) is 5.10 Å². The van der Waals surface area contributed by atoms with Gasteiger partial charge in [0.25, 0.3) is 11.5 Å². The maximum atomic E-state index is 13.6. The van der Waals surface area contributed by atoms with Crippen LogP contribution in [0.25, 0.3) is 0 Å². The number of sulfone groups is 1. The summed E-state index contributed by atoms with van der Waals surface area (Å²) in [5.74, 6) is -1.33. The fourth-order valence-electron chi connectivity index (χ4n) is 4.16. The number of carbonyl (C=O) groups excluding carboxylic acids is 2. The van der Waals surface area contributed by atoms with Gasteiger partial charge in [-0.25, -0.2) is 18.2 Å². The van der Waals surface area contributed by atoms with Gasteiger partial charge >= 0.3 is 5.69 Å². The summed E-state index contributed by atoms with van der Waals surface area (Å²) in [6.45, 7) is 7.86. The highest BCUT2D eigenvalue weighted by Gasteiger charge is 2.38. The number of nitrogens with two attached hydrogens (primary N) is 1. The number of nitrogens with one attached hydrogen (secondary N) is 1. The minimum Gasteiger partial charge on any atom is -0.383 e. The van der Waals surface area contributed by atoms with Gasteiger partial charge in [-0.3, -0.25) is 28.8 Å². The third-order valence-electron chi connectivity index (χ3n) is 5.69. The number of nitrogens with zero attached hydrogens (tertiary/aromatic N) is 4. The molecule has 0 aliphatic carbocycles. The van der Waals surface area contributed by atoms with Crippen molar-refractivity contribution in [3.05, 3.63) is 20.8 Å². The first-order chi connectivity index (χ1) is 15.8. The fourth-order valence-corrected chi connectivity index (χ4v) is 5.85. The Labute approximate surface area is 197 Å². The van der Waals surface area contributed by atoms with Crippen LogP contribution in [0.4, 0.5) is 11.5 Å². The summed E-state index contributed by atoms with van der Waals surface area (Å²) in [5.41, 5.74) is 4.67. The number of aromatic amines is 1. The van der Waals surface area contributed by atoms with Gasteiger partial charge in [0.05, 0.1) is 17.5 Å². The van der Waals surface area contributed by atoms with Crippen LogP contribution in [0.1, 0.15) is 47.0 Å². The number of aromatic nitrogens is 2. The Morgan fingerprint density at radius 3 is 2.41 bits per heavy atom. The normalized spacial score (nSPS) is 20.2. The van der Waals surface area contributed by atoms with Crippen LogP contribution in [0.15, 0.2) is 14.7 Å². The first kappa shape index (κ1) is 25.7. The minimum atomic E-state index is -3.26. The number of carbonyl (C=O) groups is 2. The molecule has 2 aliphatic rings. The van der Waals surface area contributed by atoms with Crippen LogP contribution in [0, 0.1) is 11.8 Å². The Bertz CT molecular complexity index is 1230. The monoisotopic (exact) mass is 496 g/mol. The SMILES string of the molecule is CC(C)CN(C(=O)C1=NN([C@@H]2CCS(=O)(=O)C2)C(=O)CC1)c1c(N)n(CC(C)C)c(=O)[nH]c1=O.